The lowest BCUT2D eigenvalue weighted by Gasteiger charge is -2.39. The van der Waals surface area contributed by atoms with Gasteiger partial charge in [0.25, 0.3) is 0 Å². The molecule has 0 saturated heterocycles. The van der Waals surface area contributed by atoms with Gasteiger partial charge in [-0.05, 0) is 79.4 Å². The molecule has 4 nitrogen and oxygen atoms in total. The van der Waals surface area contributed by atoms with Crippen LogP contribution in [-0.4, -0.2) is 19.9 Å². The van der Waals surface area contributed by atoms with Crippen molar-refractivity contribution >= 4 is 33.3 Å². The second kappa shape index (κ2) is 12.9. The number of aromatic nitrogens is 4. The third-order valence-electron chi connectivity index (χ3n) is 11.9. The Balaban J connectivity index is 1.13. The molecular weight excluding hydrogens is 725 g/mol. The van der Waals surface area contributed by atoms with E-state index in [2.05, 4.69) is 169 Å². The van der Waals surface area contributed by atoms with Crippen LogP contribution in [0.4, 0.5) is 0 Å². The summed E-state index contributed by atoms with van der Waals surface area (Å²) in [4.78, 5) is 22.8. The van der Waals surface area contributed by atoms with Crippen LogP contribution in [0.3, 0.4) is 0 Å². The fraction of sp³-hybridized carbons (Fsp3) is 0.0189. The van der Waals surface area contributed by atoms with Gasteiger partial charge in [0.15, 0.2) is 17.5 Å². The van der Waals surface area contributed by atoms with Crippen molar-refractivity contribution in [2.75, 3.05) is 0 Å². The SMILES string of the molecule is c1ccc(-c2nc(-c3ccc4c(c3)-c3cc(-c5cncc6ccccc56)ccc3C43c4ccccc4Sc4ccccc43)nc(-c3cccc4ccccc34)n2)cc1. The summed E-state index contributed by atoms with van der Waals surface area (Å²) in [7, 11) is 0. The van der Waals surface area contributed by atoms with Crippen molar-refractivity contribution in [1.82, 2.24) is 19.9 Å². The van der Waals surface area contributed by atoms with E-state index in [9.17, 15) is 0 Å². The Bertz CT molecular complexity index is 3230. The Morgan fingerprint density at radius 1 is 0.345 bits per heavy atom. The molecule has 1 aliphatic heterocycles. The number of pyridine rings is 1. The predicted octanol–water partition coefficient (Wildman–Crippen LogP) is 13.1. The standard InChI is InChI=1S/C53H32N4S/c1-2-14-34(15-3-1)50-55-51(57-52(56-50)40-20-12-17-33-13-4-6-18-38(33)40)36-26-28-45-42(30-36)41-29-35(43-32-54-31-37-16-5-7-19-39(37)43)25-27-44(41)53(45)46-21-8-10-23-48(46)58-49-24-11-9-22-47(49)53/h1-32H. The minimum absolute atomic E-state index is 0.514. The first-order valence-electron chi connectivity index (χ1n) is 19.5. The van der Waals surface area contributed by atoms with Gasteiger partial charge in [0, 0.05) is 49.8 Å². The quantitative estimate of drug-likeness (QED) is 0.179. The van der Waals surface area contributed by atoms with E-state index in [1.54, 1.807) is 0 Å². The first kappa shape index (κ1) is 33.0. The van der Waals surface area contributed by atoms with Crippen molar-refractivity contribution in [3.8, 4) is 56.4 Å². The van der Waals surface area contributed by atoms with Gasteiger partial charge in [-0.3, -0.25) is 4.98 Å². The van der Waals surface area contributed by atoms with E-state index in [1.165, 1.54) is 48.6 Å². The van der Waals surface area contributed by atoms with Gasteiger partial charge in [0.2, 0.25) is 0 Å². The molecular formula is C53H32N4S. The zero-order valence-electron chi connectivity index (χ0n) is 31.2. The van der Waals surface area contributed by atoms with Crippen LogP contribution in [0, 0.1) is 0 Å². The van der Waals surface area contributed by atoms with Crippen molar-refractivity contribution in [3.63, 3.8) is 0 Å². The molecule has 0 radical (unpaired) electrons. The maximum Gasteiger partial charge on any atom is 0.164 e. The van der Waals surface area contributed by atoms with Crippen molar-refractivity contribution in [1.29, 1.82) is 0 Å². The highest BCUT2D eigenvalue weighted by molar-refractivity contribution is 7.99. The smallest absolute Gasteiger partial charge is 0.164 e. The van der Waals surface area contributed by atoms with Crippen molar-refractivity contribution in [2.24, 2.45) is 0 Å². The van der Waals surface area contributed by atoms with Gasteiger partial charge in [-0.25, -0.2) is 15.0 Å². The number of hydrogen-bond acceptors (Lipinski definition) is 5. The summed E-state index contributed by atoms with van der Waals surface area (Å²) in [5.74, 6) is 1.93. The lowest BCUT2D eigenvalue weighted by molar-refractivity contribution is 0.722. The highest BCUT2D eigenvalue weighted by atomic mass is 32.2. The summed E-state index contributed by atoms with van der Waals surface area (Å²) in [6, 6.07) is 65.2. The lowest BCUT2D eigenvalue weighted by atomic mass is 9.67. The molecule has 0 fully saturated rings. The molecule has 58 heavy (non-hydrogen) atoms. The minimum atomic E-state index is -0.514. The zero-order chi connectivity index (χ0) is 38.2. The molecule has 0 unspecified atom stereocenters. The number of nitrogens with zero attached hydrogens (tertiary/aromatic N) is 4. The number of benzene rings is 8. The van der Waals surface area contributed by atoms with E-state index in [-0.39, 0.29) is 0 Å². The molecule has 5 heteroatoms. The van der Waals surface area contributed by atoms with E-state index in [1.807, 2.05) is 42.4 Å². The van der Waals surface area contributed by atoms with Crippen LogP contribution in [0.5, 0.6) is 0 Å². The second-order valence-electron chi connectivity index (χ2n) is 15.0. The summed E-state index contributed by atoms with van der Waals surface area (Å²) in [6.45, 7) is 0. The normalized spacial score (nSPS) is 13.2. The molecule has 3 heterocycles. The average Bonchev–Trinajstić information content (AvgIpc) is 3.58. The molecule has 8 aromatic carbocycles. The highest BCUT2D eigenvalue weighted by Gasteiger charge is 2.50. The number of fused-ring (bicyclic) bond motifs is 11. The van der Waals surface area contributed by atoms with Gasteiger partial charge in [-0.15, -0.1) is 0 Å². The third kappa shape index (κ3) is 4.90. The van der Waals surface area contributed by atoms with Gasteiger partial charge in [-0.1, -0.05) is 169 Å². The van der Waals surface area contributed by atoms with E-state index in [0.717, 1.165) is 44.0 Å². The maximum atomic E-state index is 5.27. The molecule has 1 spiro atoms. The van der Waals surface area contributed by atoms with Crippen LogP contribution in [-0.2, 0) is 5.41 Å². The third-order valence-corrected chi connectivity index (χ3v) is 13.0. The Hall–Kier alpha value is -7.21. The molecule has 2 aromatic heterocycles. The molecule has 0 atom stereocenters. The van der Waals surface area contributed by atoms with Crippen molar-refractivity contribution in [3.05, 3.63) is 217 Å². The monoisotopic (exact) mass is 756 g/mol. The van der Waals surface area contributed by atoms with Crippen LogP contribution in [0.2, 0.25) is 0 Å². The second-order valence-corrected chi connectivity index (χ2v) is 16.1. The maximum absolute atomic E-state index is 5.27. The van der Waals surface area contributed by atoms with Crippen molar-refractivity contribution in [2.45, 2.75) is 15.2 Å². The molecule has 0 amide bonds. The summed E-state index contributed by atoms with van der Waals surface area (Å²) < 4.78 is 0. The van der Waals surface area contributed by atoms with E-state index in [0.29, 0.717) is 17.5 Å². The van der Waals surface area contributed by atoms with Gasteiger partial charge in [-0.2, -0.15) is 0 Å². The summed E-state index contributed by atoms with van der Waals surface area (Å²) in [6.07, 6.45) is 3.94. The van der Waals surface area contributed by atoms with Gasteiger partial charge in [0.1, 0.15) is 0 Å². The molecule has 10 aromatic rings. The van der Waals surface area contributed by atoms with Crippen LogP contribution in [0.15, 0.2) is 204 Å². The fourth-order valence-electron chi connectivity index (χ4n) is 9.32. The van der Waals surface area contributed by atoms with E-state index >= 15 is 0 Å². The molecule has 0 N–H and O–H groups in total. The van der Waals surface area contributed by atoms with Crippen LogP contribution in [0.1, 0.15) is 22.3 Å². The zero-order valence-corrected chi connectivity index (χ0v) is 32.0. The topological polar surface area (TPSA) is 51.6 Å². The Morgan fingerprint density at radius 2 is 0.897 bits per heavy atom. The van der Waals surface area contributed by atoms with Crippen LogP contribution < -0.4 is 0 Å². The predicted molar refractivity (Wildman–Crippen MR) is 236 cm³/mol. The number of rotatable bonds is 4. The Morgan fingerprint density at radius 3 is 1.64 bits per heavy atom. The fourth-order valence-corrected chi connectivity index (χ4v) is 10.5. The largest absolute Gasteiger partial charge is 0.263 e. The Kier molecular flexibility index (Phi) is 7.34. The average molecular weight is 757 g/mol. The lowest BCUT2D eigenvalue weighted by Crippen LogP contribution is -2.31. The first-order valence-corrected chi connectivity index (χ1v) is 20.4. The summed E-state index contributed by atoms with van der Waals surface area (Å²) >= 11 is 1.86. The Labute approximate surface area is 340 Å². The molecule has 0 saturated carbocycles. The number of hydrogen-bond donors (Lipinski definition) is 0. The molecule has 1 aliphatic carbocycles. The summed E-state index contributed by atoms with van der Waals surface area (Å²) in [5.41, 5.74) is 12.1. The first-order chi connectivity index (χ1) is 28.7. The summed E-state index contributed by atoms with van der Waals surface area (Å²) in [5, 5.41) is 4.56. The van der Waals surface area contributed by atoms with Gasteiger partial charge >= 0.3 is 0 Å². The molecule has 0 bridgehead atoms. The van der Waals surface area contributed by atoms with E-state index in [4.69, 9.17) is 15.0 Å². The van der Waals surface area contributed by atoms with Crippen LogP contribution in [0.25, 0.3) is 78.0 Å². The molecule has 2 aliphatic rings. The van der Waals surface area contributed by atoms with E-state index < -0.39 is 5.41 Å². The van der Waals surface area contributed by atoms with Crippen LogP contribution >= 0.6 is 11.8 Å². The highest BCUT2D eigenvalue weighted by Crippen LogP contribution is 2.62. The van der Waals surface area contributed by atoms with Crippen molar-refractivity contribution < 1.29 is 0 Å². The minimum Gasteiger partial charge on any atom is -0.263 e. The molecule has 270 valence electrons. The molecule has 12 rings (SSSR count). The van der Waals surface area contributed by atoms with Gasteiger partial charge < -0.3 is 0 Å². The van der Waals surface area contributed by atoms with Gasteiger partial charge in [0.05, 0.1) is 5.41 Å².